The molecule has 3 rings (SSSR count). The normalized spacial score (nSPS) is 13.5. The molecule has 148 valence electrons. The molecule has 1 amide bonds. The molecule has 9 heteroatoms. The van der Waals surface area contributed by atoms with Gasteiger partial charge in [0.15, 0.2) is 6.04 Å². The highest BCUT2D eigenvalue weighted by Crippen LogP contribution is 2.21. The minimum absolute atomic E-state index is 0.112. The van der Waals surface area contributed by atoms with Gasteiger partial charge in [0.05, 0.1) is 6.04 Å². The lowest BCUT2D eigenvalue weighted by atomic mass is 10.1. The Morgan fingerprint density at radius 2 is 2.04 bits per heavy atom. The second-order valence-corrected chi connectivity index (χ2v) is 7.86. The van der Waals surface area contributed by atoms with Gasteiger partial charge in [-0.05, 0) is 72.4 Å². The van der Waals surface area contributed by atoms with E-state index < -0.39 is 6.04 Å². The van der Waals surface area contributed by atoms with Crippen molar-refractivity contribution in [3.8, 4) is 11.4 Å². The summed E-state index contributed by atoms with van der Waals surface area (Å²) in [6.45, 7) is 2.44. The monoisotopic (exact) mass is 418 g/mol. The van der Waals surface area contributed by atoms with E-state index in [9.17, 15) is 4.79 Å². The Morgan fingerprint density at radius 3 is 2.64 bits per heavy atom. The molecule has 0 aliphatic carbocycles. The SMILES string of the molecule is CCC(C(=O)NCC(c1ccsc1)N(C)C)n1nnc(-c2ccc(Cl)cc2)n1. The van der Waals surface area contributed by atoms with E-state index in [4.69, 9.17) is 11.6 Å². The van der Waals surface area contributed by atoms with Crippen molar-refractivity contribution >= 4 is 28.8 Å². The van der Waals surface area contributed by atoms with Gasteiger partial charge in [-0.1, -0.05) is 18.5 Å². The van der Waals surface area contributed by atoms with Gasteiger partial charge in [0, 0.05) is 17.1 Å². The zero-order chi connectivity index (χ0) is 20.1. The number of amides is 1. The molecule has 0 saturated heterocycles. The lowest BCUT2D eigenvalue weighted by Gasteiger charge is -2.25. The van der Waals surface area contributed by atoms with Gasteiger partial charge >= 0.3 is 0 Å². The minimum Gasteiger partial charge on any atom is -0.352 e. The van der Waals surface area contributed by atoms with Crippen molar-refractivity contribution in [2.45, 2.75) is 25.4 Å². The van der Waals surface area contributed by atoms with Crippen LogP contribution in [0.2, 0.25) is 5.02 Å². The fourth-order valence-electron chi connectivity index (χ4n) is 2.90. The van der Waals surface area contributed by atoms with Gasteiger partial charge in [0.1, 0.15) is 0 Å². The molecule has 0 spiro atoms. The third-order valence-corrected chi connectivity index (χ3v) is 5.47. The van der Waals surface area contributed by atoms with Crippen LogP contribution in [0.15, 0.2) is 41.1 Å². The van der Waals surface area contributed by atoms with Crippen LogP contribution in [0.25, 0.3) is 11.4 Å². The fourth-order valence-corrected chi connectivity index (χ4v) is 3.74. The van der Waals surface area contributed by atoms with Gasteiger partial charge in [0.2, 0.25) is 11.7 Å². The number of hydrogen-bond acceptors (Lipinski definition) is 6. The number of carbonyl (C=O) groups excluding carboxylic acids is 1. The molecule has 0 fully saturated rings. The summed E-state index contributed by atoms with van der Waals surface area (Å²) in [4.78, 5) is 16.3. The van der Waals surface area contributed by atoms with Crippen molar-refractivity contribution in [3.63, 3.8) is 0 Å². The predicted molar refractivity (Wildman–Crippen MR) is 111 cm³/mol. The highest BCUT2D eigenvalue weighted by Gasteiger charge is 2.24. The molecule has 2 unspecified atom stereocenters. The van der Waals surface area contributed by atoms with Crippen LogP contribution in [0.3, 0.4) is 0 Å². The van der Waals surface area contributed by atoms with E-state index in [1.54, 1.807) is 23.5 Å². The Bertz CT molecular complexity index is 894. The quantitative estimate of drug-likeness (QED) is 0.606. The number of carbonyl (C=O) groups is 1. The lowest BCUT2D eigenvalue weighted by molar-refractivity contribution is -0.125. The minimum atomic E-state index is -0.515. The molecule has 2 atom stereocenters. The van der Waals surface area contributed by atoms with Crippen molar-refractivity contribution < 1.29 is 4.79 Å². The summed E-state index contributed by atoms with van der Waals surface area (Å²) in [5.74, 6) is 0.344. The number of nitrogens with one attached hydrogen (secondary N) is 1. The van der Waals surface area contributed by atoms with Crippen LogP contribution in [-0.2, 0) is 4.79 Å². The average Bonchev–Trinajstić information content (AvgIpc) is 3.35. The van der Waals surface area contributed by atoms with Crippen molar-refractivity contribution in [1.29, 1.82) is 0 Å². The first-order valence-corrected chi connectivity index (χ1v) is 10.3. The molecule has 0 bridgehead atoms. The van der Waals surface area contributed by atoms with Crippen LogP contribution in [-0.4, -0.2) is 51.7 Å². The largest absolute Gasteiger partial charge is 0.352 e. The van der Waals surface area contributed by atoms with Crippen LogP contribution < -0.4 is 5.32 Å². The molecule has 0 aliphatic heterocycles. The molecule has 1 aromatic carbocycles. The maximum Gasteiger partial charge on any atom is 0.246 e. The maximum absolute atomic E-state index is 12.8. The van der Waals surface area contributed by atoms with Crippen molar-refractivity contribution in [1.82, 2.24) is 30.4 Å². The summed E-state index contributed by atoms with van der Waals surface area (Å²) in [5, 5.41) is 20.4. The van der Waals surface area contributed by atoms with Gasteiger partial charge in [-0.3, -0.25) is 4.79 Å². The van der Waals surface area contributed by atoms with Crippen molar-refractivity contribution in [2.75, 3.05) is 20.6 Å². The molecule has 3 aromatic rings. The Balaban J connectivity index is 1.69. The number of thiophene rings is 1. The third-order valence-electron chi connectivity index (χ3n) is 4.52. The van der Waals surface area contributed by atoms with Crippen LogP contribution in [0.4, 0.5) is 0 Å². The van der Waals surface area contributed by atoms with E-state index in [1.807, 2.05) is 38.5 Å². The van der Waals surface area contributed by atoms with E-state index in [-0.39, 0.29) is 11.9 Å². The number of likely N-dealkylation sites (N-methyl/N-ethyl adjacent to an activating group) is 1. The summed E-state index contributed by atoms with van der Waals surface area (Å²) in [6.07, 6.45) is 0.563. The molecule has 0 aliphatic rings. The number of rotatable bonds is 8. The maximum atomic E-state index is 12.8. The van der Waals surface area contributed by atoms with Crippen LogP contribution in [0.5, 0.6) is 0 Å². The second kappa shape index (κ2) is 9.27. The van der Waals surface area contributed by atoms with Crippen LogP contribution in [0.1, 0.15) is 31.0 Å². The van der Waals surface area contributed by atoms with Crippen molar-refractivity contribution in [3.05, 3.63) is 51.7 Å². The van der Waals surface area contributed by atoms with Gasteiger partial charge in [-0.2, -0.15) is 16.1 Å². The first-order valence-electron chi connectivity index (χ1n) is 9.01. The summed E-state index contributed by atoms with van der Waals surface area (Å²) >= 11 is 7.57. The van der Waals surface area contributed by atoms with E-state index in [0.717, 1.165) is 5.56 Å². The number of tetrazole rings is 1. The van der Waals surface area contributed by atoms with Gasteiger partial charge in [-0.15, -0.1) is 10.2 Å². The van der Waals surface area contributed by atoms with Crippen LogP contribution >= 0.6 is 22.9 Å². The molecule has 0 radical (unpaired) electrons. The average molecular weight is 419 g/mol. The number of nitrogens with zero attached hydrogens (tertiary/aromatic N) is 5. The number of aromatic nitrogens is 4. The van der Waals surface area contributed by atoms with Gasteiger partial charge in [-0.25, -0.2) is 0 Å². The fraction of sp³-hybridized carbons (Fsp3) is 0.368. The molecular weight excluding hydrogens is 396 g/mol. The number of hydrogen-bond donors (Lipinski definition) is 1. The van der Waals surface area contributed by atoms with E-state index in [1.165, 1.54) is 10.4 Å². The Labute approximate surface area is 173 Å². The van der Waals surface area contributed by atoms with E-state index in [2.05, 4.69) is 37.1 Å². The summed E-state index contributed by atoms with van der Waals surface area (Å²) < 4.78 is 0. The highest BCUT2D eigenvalue weighted by atomic mass is 35.5. The first kappa shape index (κ1) is 20.4. The Morgan fingerprint density at radius 1 is 1.29 bits per heavy atom. The Hall–Kier alpha value is -2.29. The smallest absolute Gasteiger partial charge is 0.246 e. The van der Waals surface area contributed by atoms with Gasteiger partial charge in [0.25, 0.3) is 0 Å². The Kier molecular flexibility index (Phi) is 6.77. The first-order chi connectivity index (χ1) is 13.5. The number of benzene rings is 1. The standard InChI is InChI=1S/C19H23ClN6OS/c1-4-16(19(27)21-11-17(25(2)3)14-9-10-28-12-14)26-23-18(22-24-26)13-5-7-15(20)8-6-13/h5-10,12,16-17H,4,11H2,1-3H3,(H,21,27). The topological polar surface area (TPSA) is 75.9 Å². The molecular formula is C19H23ClN6OS. The van der Waals surface area contributed by atoms with Crippen molar-refractivity contribution in [2.24, 2.45) is 0 Å². The molecule has 2 heterocycles. The molecule has 28 heavy (non-hydrogen) atoms. The van der Waals surface area contributed by atoms with E-state index in [0.29, 0.717) is 23.8 Å². The zero-order valence-electron chi connectivity index (χ0n) is 16.0. The number of halogens is 1. The third kappa shape index (κ3) is 4.76. The summed E-state index contributed by atoms with van der Waals surface area (Å²) in [5.41, 5.74) is 1.99. The summed E-state index contributed by atoms with van der Waals surface area (Å²) in [7, 11) is 4.01. The molecule has 0 saturated carbocycles. The lowest BCUT2D eigenvalue weighted by Crippen LogP contribution is -2.38. The second-order valence-electron chi connectivity index (χ2n) is 6.65. The van der Waals surface area contributed by atoms with E-state index >= 15 is 0 Å². The molecule has 2 aromatic heterocycles. The highest BCUT2D eigenvalue weighted by molar-refractivity contribution is 7.07. The van der Waals surface area contributed by atoms with Gasteiger partial charge < -0.3 is 10.2 Å². The molecule has 7 nitrogen and oxygen atoms in total. The predicted octanol–water partition coefficient (Wildman–Crippen LogP) is 3.43. The van der Waals surface area contributed by atoms with Crippen LogP contribution in [0, 0.1) is 0 Å². The zero-order valence-corrected chi connectivity index (χ0v) is 17.6. The molecule has 1 N–H and O–H groups in total. The summed E-state index contributed by atoms with van der Waals surface area (Å²) in [6, 6.07) is 8.87.